The molecule has 0 radical (unpaired) electrons. The maximum atomic E-state index is 13.0. The summed E-state index contributed by atoms with van der Waals surface area (Å²) in [6, 6.07) is 8.59. The third kappa shape index (κ3) is 4.40. The number of nitrogens with zero attached hydrogens (tertiary/aromatic N) is 3. The van der Waals surface area contributed by atoms with E-state index in [1.165, 1.54) is 39.1 Å². The largest absolute Gasteiger partial charge is 0.459 e. The van der Waals surface area contributed by atoms with Crippen molar-refractivity contribution in [2.75, 3.05) is 39.3 Å². The molecule has 0 saturated carbocycles. The van der Waals surface area contributed by atoms with Gasteiger partial charge >= 0.3 is 0 Å². The lowest BCUT2D eigenvalue weighted by molar-refractivity contribution is 0.0666. The van der Waals surface area contributed by atoms with Crippen LogP contribution in [0.2, 0.25) is 0 Å². The van der Waals surface area contributed by atoms with E-state index in [1.807, 2.05) is 0 Å². The van der Waals surface area contributed by atoms with Gasteiger partial charge in [-0.1, -0.05) is 6.42 Å². The first-order valence-corrected chi connectivity index (χ1v) is 13.1. The van der Waals surface area contributed by atoms with Crippen LogP contribution in [0.3, 0.4) is 0 Å². The van der Waals surface area contributed by atoms with Crippen molar-refractivity contribution >= 4 is 26.0 Å². The summed E-state index contributed by atoms with van der Waals surface area (Å²) in [6.45, 7) is 1.79. The Morgan fingerprint density at radius 1 is 0.710 bits per heavy atom. The number of rotatable bonds is 5. The molecule has 0 unspecified atom stereocenters. The molecule has 3 heterocycles. The van der Waals surface area contributed by atoms with E-state index in [-0.39, 0.29) is 47.6 Å². The molecule has 1 amide bonds. The number of carbonyl (C=O) groups is 1. The first kappa shape index (κ1) is 22.0. The second-order valence-corrected chi connectivity index (χ2v) is 11.5. The number of furan rings is 1. The Morgan fingerprint density at radius 3 is 1.71 bits per heavy atom. The molecule has 0 bridgehead atoms. The standard InChI is InChI=1S/C20H25N3O6S2/c24-20(19-5-4-16-29-19)21-12-14-23(15-13-21)31(27,28)18-8-6-17(7-9-18)30(25,26)22-10-2-1-3-11-22/h4-9,16H,1-3,10-15H2. The summed E-state index contributed by atoms with van der Waals surface area (Å²) in [4.78, 5) is 14.0. The Morgan fingerprint density at radius 2 is 1.23 bits per heavy atom. The van der Waals surface area contributed by atoms with Crippen LogP contribution in [0.1, 0.15) is 29.8 Å². The van der Waals surface area contributed by atoms with Crippen LogP contribution in [0, 0.1) is 0 Å². The smallest absolute Gasteiger partial charge is 0.289 e. The molecular weight excluding hydrogens is 442 g/mol. The minimum absolute atomic E-state index is 0.0379. The average Bonchev–Trinajstić information content (AvgIpc) is 3.34. The maximum absolute atomic E-state index is 13.0. The van der Waals surface area contributed by atoms with E-state index in [1.54, 1.807) is 17.0 Å². The van der Waals surface area contributed by atoms with Gasteiger partial charge in [-0.3, -0.25) is 4.79 Å². The normalized spacial score (nSPS) is 19.4. The van der Waals surface area contributed by atoms with E-state index in [0.29, 0.717) is 13.1 Å². The summed E-state index contributed by atoms with van der Waals surface area (Å²) in [5, 5.41) is 0. The zero-order chi connectivity index (χ0) is 22.1. The van der Waals surface area contributed by atoms with Crippen LogP contribution in [0.4, 0.5) is 0 Å². The Balaban J connectivity index is 1.44. The summed E-state index contributed by atoms with van der Waals surface area (Å²) in [6.07, 6.45) is 4.10. The molecule has 1 aromatic heterocycles. The van der Waals surface area contributed by atoms with Crippen molar-refractivity contribution in [3.05, 3.63) is 48.4 Å². The fourth-order valence-corrected chi connectivity index (χ4v) is 6.81. The maximum Gasteiger partial charge on any atom is 0.289 e. The zero-order valence-corrected chi connectivity index (χ0v) is 18.6. The Labute approximate surface area is 182 Å². The Kier molecular flexibility index (Phi) is 6.20. The van der Waals surface area contributed by atoms with E-state index in [9.17, 15) is 21.6 Å². The summed E-state index contributed by atoms with van der Waals surface area (Å²) in [7, 11) is -7.40. The van der Waals surface area contributed by atoms with Gasteiger partial charge in [-0.15, -0.1) is 0 Å². The molecule has 4 rings (SSSR count). The predicted octanol–water partition coefficient (Wildman–Crippen LogP) is 1.60. The number of hydrogen-bond donors (Lipinski definition) is 0. The summed E-state index contributed by atoms with van der Waals surface area (Å²) < 4.78 is 59.4. The quantitative estimate of drug-likeness (QED) is 0.661. The molecule has 2 aliphatic rings. The molecule has 2 aliphatic heterocycles. The van der Waals surface area contributed by atoms with Crippen LogP contribution < -0.4 is 0 Å². The Bertz CT molecular complexity index is 1110. The highest BCUT2D eigenvalue weighted by Crippen LogP contribution is 2.24. The van der Waals surface area contributed by atoms with Crippen molar-refractivity contribution < 1.29 is 26.0 Å². The van der Waals surface area contributed by atoms with Gasteiger partial charge in [-0.2, -0.15) is 8.61 Å². The van der Waals surface area contributed by atoms with E-state index in [0.717, 1.165) is 19.3 Å². The number of piperidine rings is 1. The van der Waals surface area contributed by atoms with Crippen molar-refractivity contribution in [3.8, 4) is 0 Å². The molecule has 2 aromatic rings. The summed E-state index contributed by atoms with van der Waals surface area (Å²) in [5.74, 6) is -0.0452. The van der Waals surface area contributed by atoms with Gasteiger partial charge in [0, 0.05) is 39.3 Å². The molecule has 168 valence electrons. The van der Waals surface area contributed by atoms with Gasteiger partial charge in [0.15, 0.2) is 5.76 Å². The number of amides is 1. The highest BCUT2D eigenvalue weighted by Gasteiger charge is 2.32. The van der Waals surface area contributed by atoms with Crippen molar-refractivity contribution in [2.45, 2.75) is 29.1 Å². The molecule has 31 heavy (non-hydrogen) atoms. The van der Waals surface area contributed by atoms with Crippen LogP contribution >= 0.6 is 0 Å². The zero-order valence-electron chi connectivity index (χ0n) is 17.0. The lowest BCUT2D eigenvalue weighted by Gasteiger charge is -2.33. The van der Waals surface area contributed by atoms with Gasteiger partial charge in [-0.25, -0.2) is 16.8 Å². The van der Waals surface area contributed by atoms with E-state index in [2.05, 4.69) is 0 Å². The Hall–Kier alpha value is -2.21. The molecule has 9 nitrogen and oxygen atoms in total. The minimum atomic E-state index is -3.79. The molecule has 0 N–H and O–H groups in total. The molecule has 2 fully saturated rings. The molecular formula is C20H25N3O6S2. The van der Waals surface area contributed by atoms with Gasteiger partial charge in [0.1, 0.15) is 0 Å². The second-order valence-electron chi connectivity index (χ2n) is 7.61. The van der Waals surface area contributed by atoms with Crippen LogP contribution in [0.25, 0.3) is 0 Å². The lowest BCUT2D eigenvalue weighted by Crippen LogP contribution is -2.50. The topological polar surface area (TPSA) is 108 Å². The second kappa shape index (κ2) is 8.73. The third-order valence-corrected chi connectivity index (χ3v) is 9.50. The monoisotopic (exact) mass is 467 g/mol. The highest BCUT2D eigenvalue weighted by molar-refractivity contribution is 7.89. The van der Waals surface area contributed by atoms with Crippen molar-refractivity contribution in [1.82, 2.24) is 13.5 Å². The fraction of sp³-hybridized carbons (Fsp3) is 0.450. The SMILES string of the molecule is O=C(c1ccco1)N1CCN(S(=O)(=O)c2ccc(S(=O)(=O)N3CCCCC3)cc2)CC1. The van der Waals surface area contributed by atoms with Crippen molar-refractivity contribution in [1.29, 1.82) is 0 Å². The molecule has 0 aliphatic carbocycles. The first-order chi connectivity index (χ1) is 14.8. The summed E-state index contributed by atoms with van der Waals surface area (Å²) >= 11 is 0. The number of benzene rings is 1. The average molecular weight is 468 g/mol. The molecule has 0 atom stereocenters. The van der Waals surface area contributed by atoms with Crippen LogP contribution in [0.15, 0.2) is 56.9 Å². The predicted molar refractivity (Wildman–Crippen MR) is 112 cm³/mol. The van der Waals surface area contributed by atoms with E-state index < -0.39 is 20.0 Å². The number of carbonyl (C=O) groups excluding carboxylic acids is 1. The highest BCUT2D eigenvalue weighted by atomic mass is 32.2. The van der Waals surface area contributed by atoms with Crippen LogP contribution in [-0.4, -0.2) is 75.5 Å². The third-order valence-electron chi connectivity index (χ3n) is 5.67. The van der Waals surface area contributed by atoms with Crippen LogP contribution in [-0.2, 0) is 20.0 Å². The number of sulfonamides is 2. The molecule has 1 aromatic carbocycles. The van der Waals surface area contributed by atoms with E-state index in [4.69, 9.17) is 4.42 Å². The minimum Gasteiger partial charge on any atom is -0.459 e. The van der Waals surface area contributed by atoms with Gasteiger partial charge in [0.05, 0.1) is 16.1 Å². The lowest BCUT2D eigenvalue weighted by atomic mass is 10.2. The van der Waals surface area contributed by atoms with Crippen molar-refractivity contribution in [2.24, 2.45) is 0 Å². The first-order valence-electron chi connectivity index (χ1n) is 10.2. The number of piperazine rings is 1. The number of hydrogen-bond acceptors (Lipinski definition) is 6. The van der Waals surface area contributed by atoms with Gasteiger partial charge in [0.25, 0.3) is 5.91 Å². The molecule has 11 heteroatoms. The fourth-order valence-electron chi connectivity index (χ4n) is 3.87. The molecule has 2 saturated heterocycles. The summed E-state index contributed by atoms with van der Waals surface area (Å²) in [5.41, 5.74) is 0. The van der Waals surface area contributed by atoms with Crippen LogP contribution in [0.5, 0.6) is 0 Å². The van der Waals surface area contributed by atoms with Gasteiger partial charge in [0.2, 0.25) is 20.0 Å². The van der Waals surface area contributed by atoms with E-state index >= 15 is 0 Å². The van der Waals surface area contributed by atoms with Gasteiger partial charge < -0.3 is 9.32 Å². The van der Waals surface area contributed by atoms with Gasteiger partial charge in [-0.05, 0) is 49.2 Å². The molecule has 0 spiro atoms. The van der Waals surface area contributed by atoms with Crippen molar-refractivity contribution in [3.63, 3.8) is 0 Å².